The maximum Gasteiger partial charge on any atom is 0.142 e. The zero-order valence-corrected chi connectivity index (χ0v) is 8.98. The van der Waals surface area contributed by atoms with E-state index in [1.807, 2.05) is 12.1 Å². The predicted octanol–water partition coefficient (Wildman–Crippen LogP) is 2.33. The van der Waals surface area contributed by atoms with Crippen molar-refractivity contribution in [3.63, 3.8) is 0 Å². The molecular formula is C12H15N3. The summed E-state index contributed by atoms with van der Waals surface area (Å²) < 4.78 is 0. The fourth-order valence-electron chi connectivity index (χ4n) is 2.26. The van der Waals surface area contributed by atoms with Gasteiger partial charge in [0, 0.05) is 24.5 Å². The minimum Gasteiger partial charge on any atom is -0.368 e. The highest BCUT2D eigenvalue weighted by Gasteiger charge is 2.23. The molecule has 0 aromatic carbocycles. The number of hydrogen-bond donors (Lipinski definition) is 0. The van der Waals surface area contributed by atoms with Crippen molar-refractivity contribution in [2.75, 3.05) is 11.4 Å². The monoisotopic (exact) mass is 201 g/mol. The summed E-state index contributed by atoms with van der Waals surface area (Å²) in [5.74, 6) is 0. The summed E-state index contributed by atoms with van der Waals surface area (Å²) in [6.07, 6.45) is 5.41. The van der Waals surface area contributed by atoms with Gasteiger partial charge in [-0.1, -0.05) is 6.92 Å². The molecule has 0 N–H and O–H groups in total. The van der Waals surface area contributed by atoms with E-state index >= 15 is 0 Å². The Labute approximate surface area is 90.4 Å². The zero-order valence-electron chi connectivity index (χ0n) is 8.98. The van der Waals surface area contributed by atoms with E-state index in [1.54, 1.807) is 6.20 Å². The van der Waals surface area contributed by atoms with Crippen LogP contribution in [-0.4, -0.2) is 17.6 Å². The second kappa shape index (κ2) is 4.31. The van der Waals surface area contributed by atoms with Gasteiger partial charge < -0.3 is 4.90 Å². The minimum absolute atomic E-state index is 0.509. The lowest BCUT2D eigenvalue weighted by molar-refractivity contribution is 0.645. The van der Waals surface area contributed by atoms with Crippen LogP contribution in [0.1, 0.15) is 31.9 Å². The Hall–Kier alpha value is -1.56. The number of nitrogens with zero attached hydrogens (tertiary/aromatic N) is 3. The van der Waals surface area contributed by atoms with Crippen LogP contribution in [0.25, 0.3) is 0 Å². The third-order valence-corrected chi connectivity index (χ3v) is 3.04. The summed E-state index contributed by atoms with van der Waals surface area (Å²) in [6, 6.07) is 6.60. The maximum absolute atomic E-state index is 8.80. The molecule has 1 unspecified atom stereocenters. The SMILES string of the molecule is CCC1CCCN1c1ccnc(C#N)c1. The average Bonchev–Trinajstić information content (AvgIpc) is 2.77. The number of pyridine rings is 1. The van der Waals surface area contributed by atoms with Crippen LogP contribution >= 0.6 is 0 Å². The first kappa shape index (κ1) is 9.97. The molecule has 1 fully saturated rings. The summed E-state index contributed by atoms with van der Waals surface area (Å²) in [5.41, 5.74) is 1.65. The molecule has 0 aliphatic carbocycles. The van der Waals surface area contributed by atoms with Gasteiger partial charge in [-0.2, -0.15) is 5.26 Å². The molecule has 1 atom stereocenters. The van der Waals surface area contributed by atoms with E-state index in [0.717, 1.165) is 12.2 Å². The van der Waals surface area contributed by atoms with E-state index in [1.165, 1.54) is 19.3 Å². The van der Waals surface area contributed by atoms with Crippen molar-refractivity contribution in [2.45, 2.75) is 32.2 Å². The zero-order chi connectivity index (χ0) is 10.7. The third kappa shape index (κ3) is 1.94. The number of nitriles is 1. The lowest BCUT2D eigenvalue weighted by Gasteiger charge is -2.25. The number of aromatic nitrogens is 1. The molecule has 78 valence electrons. The van der Waals surface area contributed by atoms with Crippen molar-refractivity contribution < 1.29 is 0 Å². The van der Waals surface area contributed by atoms with Gasteiger partial charge in [-0.25, -0.2) is 4.98 Å². The Morgan fingerprint density at radius 3 is 3.27 bits per heavy atom. The van der Waals surface area contributed by atoms with Gasteiger partial charge in [-0.15, -0.1) is 0 Å². The van der Waals surface area contributed by atoms with Crippen LogP contribution in [0.3, 0.4) is 0 Å². The van der Waals surface area contributed by atoms with E-state index in [-0.39, 0.29) is 0 Å². The van der Waals surface area contributed by atoms with E-state index in [4.69, 9.17) is 5.26 Å². The van der Waals surface area contributed by atoms with E-state index in [0.29, 0.717) is 11.7 Å². The van der Waals surface area contributed by atoms with Crippen LogP contribution in [0.15, 0.2) is 18.3 Å². The van der Waals surface area contributed by atoms with Crippen LogP contribution < -0.4 is 4.90 Å². The molecule has 0 spiro atoms. The normalized spacial score (nSPS) is 20.3. The number of rotatable bonds is 2. The van der Waals surface area contributed by atoms with Crippen LogP contribution in [0, 0.1) is 11.3 Å². The fourth-order valence-corrected chi connectivity index (χ4v) is 2.26. The van der Waals surface area contributed by atoms with E-state index in [9.17, 15) is 0 Å². The van der Waals surface area contributed by atoms with E-state index < -0.39 is 0 Å². The lowest BCUT2D eigenvalue weighted by Crippen LogP contribution is -2.28. The van der Waals surface area contributed by atoms with Crippen LogP contribution in [0.4, 0.5) is 5.69 Å². The Morgan fingerprint density at radius 2 is 2.53 bits per heavy atom. The number of hydrogen-bond acceptors (Lipinski definition) is 3. The summed E-state index contributed by atoms with van der Waals surface area (Å²) in [5, 5.41) is 8.80. The third-order valence-electron chi connectivity index (χ3n) is 3.04. The second-order valence-corrected chi connectivity index (χ2v) is 3.91. The summed E-state index contributed by atoms with van der Waals surface area (Å²) in [6.45, 7) is 3.32. The first-order valence-corrected chi connectivity index (χ1v) is 5.48. The molecule has 2 rings (SSSR count). The Kier molecular flexibility index (Phi) is 2.86. The van der Waals surface area contributed by atoms with Crippen LogP contribution in [0.5, 0.6) is 0 Å². The van der Waals surface area contributed by atoms with Crippen molar-refractivity contribution in [3.8, 4) is 6.07 Å². The smallest absolute Gasteiger partial charge is 0.142 e. The molecule has 1 aromatic rings. The van der Waals surface area contributed by atoms with Gasteiger partial charge in [0.15, 0.2) is 0 Å². The Morgan fingerprint density at radius 1 is 1.67 bits per heavy atom. The summed E-state index contributed by atoms with van der Waals surface area (Å²) in [7, 11) is 0. The van der Waals surface area contributed by atoms with Crippen LogP contribution in [0.2, 0.25) is 0 Å². The van der Waals surface area contributed by atoms with Gasteiger partial charge in [0.2, 0.25) is 0 Å². The quantitative estimate of drug-likeness (QED) is 0.737. The molecule has 3 heteroatoms. The largest absolute Gasteiger partial charge is 0.368 e. The minimum atomic E-state index is 0.509. The van der Waals surface area contributed by atoms with Crippen molar-refractivity contribution in [3.05, 3.63) is 24.0 Å². The van der Waals surface area contributed by atoms with Gasteiger partial charge >= 0.3 is 0 Å². The maximum atomic E-state index is 8.80. The molecule has 15 heavy (non-hydrogen) atoms. The molecule has 0 bridgehead atoms. The van der Waals surface area contributed by atoms with Crippen molar-refractivity contribution in [2.24, 2.45) is 0 Å². The highest BCUT2D eigenvalue weighted by Crippen LogP contribution is 2.26. The summed E-state index contributed by atoms with van der Waals surface area (Å²) in [4.78, 5) is 6.38. The first-order valence-electron chi connectivity index (χ1n) is 5.48. The van der Waals surface area contributed by atoms with Crippen molar-refractivity contribution in [1.82, 2.24) is 4.98 Å². The molecule has 0 saturated carbocycles. The van der Waals surface area contributed by atoms with Crippen LogP contribution in [-0.2, 0) is 0 Å². The predicted molar refractivity (Wildman–Crippen MR) is 59.6 cm³/mol. The second-order valence-electron chi connectivity index (χ2n) is 3.91. The Balaban J connectivity index is 2.25. The average molecular weight is 201 g/mol. The lowest BCUT2D eigenvalue weighted by atomic mass is 10.1. The molecule has 1 aliphatic heterocycles. The highest BCUT2D eigenvalue weighted by molar-refractivity contribution is 5.50. The van der Waals surface area contributed by atoms with Gasteiger partial charge in [0.1, 0.15) is 11.8 Å². The molecular weight excluding hydrogens is 186 g/mol. The Bertz CT molecular complexity index is 381. The highest BCUT2D eigenvalue weighted by atomic mass is 15.2. The van der Waals surface area contributed by atoms with Gasteiger partial charge in [0.05, 0.1) is 0 Å². The topological polar surface area (TPSA) is 39.9 Å². The first-order chi connectivity index (χ1) is 7.35. The summed E-state index contributed by atoms with van der Waals surface area (Å²) >= 11 is 0. The standard InChI is InChI=1S/C12H15N3/c1-2-11-4-3-7-15(11)12-5-6-14-10(8-12)9-13/h5-6,8,11H,2-4,7H2,1H3. The molecule has 0 radical (unpaired) electrons. The fraction of sp³-hybridized carbons (Fsp3) is 0.500. The molecule has 0 amide bonds. The molecule has 1 aromatic heterocycles. The van der Waals surface area contributed by atoms with Crippen molar-refractivity contribution in [1.29, 1.82) is 5.26 Å². The number of anilines is 1. The van der Waals surface area contributed by atoms with Gasteiger partial charge in [0.25, 0.3) is 0 Å². The van der Waals surface area contributed by atoms with E-state index in [2.05, 4.69) is 22.9 Å². The van der Waals surface area contributed by atoms with Gasteiger partial charge in [-0.3, -0.25) is 0 Å². The van der Waals surface area contributed by atoms with Gasteiger partial charge in [-0.05, 0) is 31.4 Å². The van der Waals surface area contributed by atoms with Crippen molar-refractivity contribution >= 4 is 5.69 Å². The molecule has 3 nitrogen and oxygen atoms in total. The molecule has 2 heterocycles. The molecule has 1 saturated heterocycles. The molecule has 1 aliphatic rings.